The van der Waals surface area contributed by atoms with Crippen LogP contribution in [0.2, 0.25) is 0 Å². The molecule has 0 amide bonds. The van der Waals surface area contributed by atoms with E-state index in [9.17, 15) is 13.2 Å². The molecule has 2 heterocycles. The number of aliphatic carboxylic acids is 1. The molecular weight excluding hydrogens is 280 g/mol. The molecule has 0 saturated carbocycles. The van der Waals surface area contributed by atoms with Crippen LogP contribution in [0, 0.1) is 17.8 Å². The summed E-state index contributed by atoms with van der Waals surface area (Å²) in [5.74, 6) is -0.759. The quantitative estimate of drug-likeness (QED) is 0.844. The molecule has 0 aromatic heterocycles. The Morgan fingerprint density at radius 3 is 2.25 bits per heavy atom. The number of hydrogen-bond donors (Lipinski definition) is 1. The lowest BCUT2D eigenvalue weighted by Gasteiger charge is -2.39. The number of hydrogen-bond acceptors (Lipinski definition) is 3. The van der Waals surface area contributed by atoms with Crippen molar-refractivity contribution < 1.29 is 18.3 Å². The van der Waals surface area contributed by atoms with Crippen LogP contribution >= 0.6 is 0 Å². The maximum atomic E-state index is 12.7. The molecule has 0 radical (unpaired) electrons. The average Bonchev–Trinajstić information content (AvgIpc) is 2.37. The van der Waals surface area contributed by atoms with Gasteiger partial charge < -0.3 is 5.11 Å². The van der Waals surface area contributed by atoms with Gasteiger partial charge in [-0.3, -0.25) is 4.79 Å². The fourth-order valence-corrected chi connectivity index (χ4v) is 5.25. The Morgan fingerprint density at radius 1 is 1.10 bits per heavy atom. The molecule has 0 aromatic rings. The van der Waals surface area contributed by atoms with Gasteiger partial charge in [0.25, 0.3) is 10.2 Å². The summed E-state index contributed by atoms with van der Waals surface area (Å²) in [4.78, 5) is 11.1. The number of carbonyl (C=O) groups is 1. The lowest BCUT2D eigenvalue weighted by molar-refractivity contribution is -0.142. The van der Waals surface area contributed by atoms with E-state index < -0.39 is 22.1 Å². The monoisotopic (exact) mass is 304 g/mol. The molecule has 2 saturated heterocycles. The summed E-state index contributed by atoms with van der Waals surface area (Å²) in [5.41, 5.74) is 0. The highest BCUT2D eigenvalue weighted by atomic mass is 32.2. The van der Waals surface area contributed by atoms with Crippen LogP contribution in [0.3, 0.4) is 0 Å². The van der Waals surface area contributed by atoms with Gasteiger partial charge in [0.05, 0.1) is 5.92 Å². The maximum Gasteiger partial charge on any atom is 0.307 e. The SMILES string of the molecule is C[C@@H]1C[C@H](C)CN(S(=O)(=O)N2CCC[C@@H](C(=O)O)C2)C1. The van der Waals surface area contributed by atoms with Crippen LogP contribution in [0.4, 0.5) is 0 Å². The number of piperidine rings is 2. The van der Waals surface area contributed by atoms with Gasteiger partial charge in [-0.05, 0) is 31.1 Å². The smallest absolute Gasteiger partial charge is 0.307 e. The molecule has 6 nitrogen and oxygen atoms in total. The van der Waals surface area contributed by atoms with Gasteiger partial charge in [-0.1, -0.05) is 13.8 Å². The van der Waals surface area contributed by atoms with Crippen LogP contribution in [0.5, 0.6) is 0 Å². The second-order valence-electron chi connectivity index (χ2n) is 6.31. The van der Waals surface area contributed by atoms with Crippen molar-refractivity contribution in [1.29, 1.82) is 0 Å². The summed E-state index contributed by atoms with van der Waals surface area (Å²) in [6.45, 7) is 5.76. The third kappa shape index (κ3) is 3.32. The first kappa shape index (κ1) is 15.7. The van der Waals surface area contributed by atoms with Gasteiger partial charge in [-0.2, -0.15) is 17.0 Å². The highest BCUT2D eigenvalue weighted by molar-refractivity contribution is 7.86. The predicted octanol–water partition coefficient (Wildman–Crippen LogP) is 1.01. The Morgan fingerprint density at radius 2 is 1.70 bits per heavy atom. The molecule has 0 aromatic carbocycles. The van der Waals surface area contributed by atoms with Gasteiger partial charge in [0.15, 0.2) is 0 Å². The largest absolute Gasteiger partial charge is 0.481 e. The number of nitrogens with zero attached hydrogens (tertiary/aromatic N) is 2. The molecule has 7 heteroatoms. The second-order valence-corrected chi connectivity index (χ2v) is 8.23. The standard InChI is InChI=1S/C13H24N2O4S/c1-10-6-11(2)8-15(7-10)20(18,19)14-5-3-4-12(9-14)13(16)17/h10-12H,3-9H2,1-2H3,(H,16,17)/t10-,11+,12-/m1/s1. The van der Waals surface area contributed by atoms with Crippen molar-refractivity contribution in [3.63, 3.8) is 0 Å². The summed E-state index contributed by atoms with van der Waals surface area (Å²) >= 11 is 0. The Hall–Kier alpha value is -0.660. The van der Waals surface area contributed by atoms with Gasteiger partial charge in [-0.15, -0.1) is 0 Å². The summed E-state index contributed by atoms with van der Waals surface area (Å²) < 4.78 is 28.2. The second kappa shape index (κ2) is 5.99. The lowest BCUT2D eigenvalue weighted by Crippen LogP contribution is -2.52. The van der Waals surface area contributed by atoms with E-state index in [-0.39, 0.29) is 6.54 Å². The minimum atomic E-state index is -3.51. The molecule has 116 valence electrons. The fraction of sp³-hybridized carbons (Fsp3) is 0.923. The molecule has 20 heavy (non-hydrogen) atoms. The van der Waals surface area contributed by atoms with Crippen molar-refractivity contribution in [2.24, 2.45) is 17.8 Å². The van der Waals surface area contributed by atoms with Crippen molar-refractivity contribution in [3.05, 3.63) is 0 Å². The highest BCUT2D eigenvalue weighted by Crippen LogP contribution is 2.27. The van der Waals surface area contributed by atoms with Gasteiger partial charge in [0.1, 0.15) is 0 Å². The number of carboxylic acid groups (broad SMARTS) is 1. The minimum absolute atomic E-state index is 0.108. The molecule has 0 spiro atoms. The van der Waals surface area contributed by atoms with Crippen molar-refractivity contribution in [1.82, 2.24) is 8.61 Å². The van der Waals surface area contributed by atoms with Crippen LogP contribution in [0.15, 0.2) is 0 Å². The molecule has 0 aliphatic carbocycles. The van der Waals surface area contributed by atoms with E-state index in [2.05, 4.69) is 13.8 Å². The zero-order chi connectivity index (χ0) is 14.9. The van der Waals surface area contributed by atoms with E-state index in [1.165, 1.54) is 8.61 Å². The van der Waals surface area contributed by atoms with Gasteiger partial charge in [-0.25, -0.2) is 0 Å². The molecule has 1 N–H and O–H groups in total. The first-order chi connectivity index (χ1) is 9.30. The summed E-state index contributed by atoms with van der Waals surface area (Å²) in [6, 6.07) is 0. The molecule has 2 aliphatic rings. The molecule has 2 rings (SSSR count). The molecule has 2 aliphatic heterocycles. The topological polar surface area (TPSA) is 77.9 Å². The molecule has 2 fully saturated rings. The predicted molar refractivity (Wildman–Crippen MR) is 75.4 cm³/mol. The Bertz CT molecular complexity index is 455. The van der Waals surface area contributed by atoms with E-state index in [0.717, 1.165) is 6.42 Å². The number of rotatable bonds is 3. The Labute approximate surface area is 120 Å². The number of carboxylic acids is 1. The van der Waals surface area contributed by atoms with Crippen molar-refractivity contribution in [2.45, 2.75) is 33.1 Å². The van der Waals surface area contributed by atoms with Crippen molar-refractivity contribution >= 4 is 16.2 Å². The Balaban J connectivity index is 2.11. The maximum absolute atomic E-state index is 12.7. The minimum Gasteiger partial charge on any atom is -0.481 e. The van der Waals surface area contributed by atoms with Crippen LogP contribution in [0.25, 0.3) is 0 Å². The van der Waals surface area contributed by atoms with E-state index in [1.54, 1.807) is 0 Å². The average molecular weight is 304 g/mol. The third-order valence-electron chi connectivity index (χ3n) is 4.22. The van der Waals surface area contributed by atoms with Crippen LogP contribution in [-0.2, 0) is 15.0 Å². The van der Waals surface area contributed by atoms with E-state index in [1.807, 2.05) is 0 Å². The lowest BCUT2D eigenvalue weighted by atomic mass is 9.94. The van der Waals surface area contributed by atoms with E-state index in [4.69, 9.17) is 5.11 Å². The summed E-state index contributed by atoms with van der Waals surface area (Å²) in [7, 11) is -3.51. The molecular formula is C13H24N2O4S. The van der Waals surface area contributed by atoms with E-state index >= 15 is 0 Å². The fourth-order valence-electron chi connectivity index (χ4n) is 3.31. The first-order valence-corrected chi connectivity index (χ1v) is 8.68. The molecule has 0 unspecified atom stereocenters. The first-order valence-electron chi connectivity index (χ1n) is 7.28. The van der Waals surface area contributed by atoms with Crippen molar-refractivity contribution in [3.8, 4) is 0 Å². The zero-order valence-electron chi connectivity index (χ0n) is 12.2. The molecule has 0 bridgehead atoms. The van der Waals surface area contributed by atoms with Crippen molar-refractivity contribution in [2.75, 3.05) is 26.2 Å². The third-order valence-corrected chi connectivity index (χ3v) is 6.16. The van der Waals surface area contributed by atoms with Gasteiger partial charge >= 0.3 is 5.97 Å². The summed E-state index contributed by atoms with van der Waals surface area (Å²) in [5, 5.41) is 9.08. The normalized spacial score (nSPS) is 34.0. The summed E-state index contributed by atoms with van der Waals surface area (Å²) in [6.07, 6.45) is 2.23. The highest BCUT2D eigenvalue weighted by Gasteiger charge is 2.38. The van der Waals surface area contributed by atoms with Gasteiger partial charge in [0, 0.05) is 26.2 Å². The van der Waals surface area contributed by atoms with E-state index in [0.29, 0.717) is 44.3 Å². The van der Waals surface area contributed by atoms with Crippen LogP contribution in [0.1, 0.15) is 33.1 Å². The van der Waals surface area contributed by atoms with Crippen LogP contribution in [-0.4, -0.2) is 54.3 Å². The zero-order valence-corrected chi connectivity index (χ0v) is 13.0. The Kier molecular flexibility index (Phi) is 4.71. The van der Waals surface area contributed by atoms with Gasteiger partial charge in [0.2, 0.25) is 0 Å². The molecule has 3 atom stereocenters. The van der Waals surface area contributed by atoms with Crippen LogP contribution < -0.4 is 0 Å².